The molecular formula is C2H6IN3O. The van der Waals surface area contributed by atoms with Gasteiger partial charge in [0.2, 0.25) is 0 Å². The van der Waals surface area contributed by atoms with Crippen LogP contribution in [0.2, 0.25) is 0 Å². The lowest BCUT2D eigenvalue weighted by Crippen LogP contribution is -2.28. The van der Waals surface area contributed by atoms with Crippen LogP contribution in [0.25, 0.3) is 0 Å². The van der Waals surface area contributed by atoms with Gasteiger partial charge in [0.05, 0.1) is 22.9 Å². The molecule has 0 atom stereocenters. The van der Waals surface area contributed by atoms with Gasteiger partial charge in [-0.05, 0) is 0 Å². The fourth-order valence-corrected chi connectivity index (χ4v) is 0.220. The van der Waals surface area contributed by atoms with Crippen molar-refractivity contribution in [2.24, 2.45) is 5.84 Å². The van der Waals surface area contributed by atoms with Crippen molar-refractivity contribution in [1.29, 1.82) is 5.41 Å². The number of hydrogen-bond acceptors (Lipinski definition) is 3. The van der Waals surface area contributed by atoms with E-state index in [0.29, 0.717) is 0 Å². The number of rotatable bonds is 1. The summed E-state index contributed by atoms with van der Waals surface area (Å²) in [4.78, 5) is 0. The number of nitrogens with zero attached hydrogens (tertiary/aromatic N) is 1. The second-order valence-electron chi connectivity index (χ2n) is 0.916. The van der Waals surface area contributed by atoms with Gasteiger partial charge >= 0.3 is 0 Å². The van der Waals surface area contributed by atoms with Crippen LogP contribution in [-0.2, 0) is 0 Å². The summed E-state index contributed by atoms with van der Waals surface area (Å²) in [6.45, 7) is -0.306. The minimum Gasteiger partial charge on any atom is -0.388 e. The SMILES string of the molecule is N=C(CO)N(N)I. The number of hydrogen-bond donors (Lipinski definition) is 3. The molecule has 0 unspecified atom stereocenters. The van der Waals surface area contributed by atoms with Crippen LogP contribution in [0.5, 0.6) is 0 Å². The molecule has 0 fully saturated rings. The Kier molecular flexibility index (Phi) is 3.22. The van der Waals surface area contributed by atoms with Crippen LogP contribution >= 0.6 is 22.9 Å². The Morgan fingerprint density at radius 2 is 2.43 bits per heavy atom. The highest BCUT2D eigenvalue weighted by molar-refractivity contribution is 14.1. The Morgan fingerprint density at radius 3 is 2.43 bits per heavy atom. The molecule has 0 saturated carbocycles. The largest absolute Gasteiger partial charge is 0.388 e. The molecule has 4 N–H and O–H groups in total. The van der Waals surface area contributed by atoms with Gasteiger partial charge in [-0.15, -0.1) is 0 Å². The first kappa shape index (κ1) is 7.12. The van der Waals surface area contributed by atoms with Gasteiger partial charge in [-0.25, -0.2) is 9.06 Å². The van der Waals surface area contributed by atoms with Crippen LogP contribution in [-0.4, -0.2) is 20.8 Å². The number of hydrazine groups is 1. The van der Waals surface area contributed by atoms with E-state index in [9.17, 15) is 0 Å². The number of nitrogens with one attached hydrogen (secondary N) is 1. The average molecular weight is 215 g/mol. The lowest BCUT2D eigenvalue weighted by Gasteiger charge is -2.05. The molecule has 0 heterocycles. The number of halogens is 1. The van der Waals surface area contributed by atoms with Crippen LogP contribution in [0.15, 0.2) is 0 Å². The van der Waals surface area contributed by atoms with E-state index in [0.717, 1.165) is 3.22 Å². The van der Waals surface area contributed by atoms with Crippen molar-refractivity contribution < 1.29 is 5.11 Å². The van der Waals surface area contributed by atoms with Crippen molar-refractivity contribution in [3.8, 4) is 0 Å². The second kappa shape index (κ2) is 3.16. The lowest BCUT2D eigenvalue weighted by molar-refractivity contribution is 0.346. The van der Waals surface area contributed by atoms with Gasteiger partial charge in [-0.1, -0.05) is 0 Å². The quantitative estimate of drug-likeness (QED) is 0.138. The Morgan fingerprint density at radius 1 is 2.00 bits per heavy atom. The Balaban J connectivity index is 3.35. The molecule has 0 saturated heterocycles. The van der Waals surface area contributed by atoms with Gasteiger partial charge in [-0.3, -0.25) is 5.41 Å². The first-order valence-electron chi connectivity index (χ1n) is 1.57. The van der Waals surface area contributed by atoms with Gasteiger partial charge in [0, 0.05) is 0 Å². The molecule has 0 radical (unpaired) electrons. The van der Waals surface area contributed by atoms with Crippen molar-refractivity contribution in [2.45, 2.75) is 0 Å². The van der Waals surface area contributed by atoms with Crippen LogP contribution in [0.1, 0.15) is 0 Å². The van der Waals surface area contributed by atoms with Gasteiger partial charge in [-0.2, -0.15) is 0 Å². The Labute approximate surface area is 55.3 Å². The second-order valence-corrected chi connectivity index (χ2v) is 1.96. The molecule has 4 nitrogen and oxygen atoms in total. The molecule has 0 amide bonds. The molecule has 0 bridgehead atoms. The van der Waals surface area contributed by atoms with Crippen LogP contribution in [0, 0.1) is 5.41 Å². The standard InChI is InChI=1S/C2H6IN3O/c3-6(5)2(4)1-7/h4,7H,1,5H2. The predicted octanol–water partition coefficient (Wildman–Crippen LogP) is -0.518. The third kappa shape index (κ3) is 2.77. The highest BCUT2D eigenvalue weighted by atomic mass is 127. The fraction of sp³-hybridized carbons (Fsp3) is 0.500. The fourth-order valence-electron chi connectivity index (χ4n) is 0.0676. The van der Waals surface area contributed by atoms with Crippen molar-refractivity contribution in [1.82, 2.24) is 3.22 Å². The summed E-state index contributed by atoms with van der Waals surface area (Å²) in [5.74, 6) is 4.98. The minimum atomic E-state index is -0.306. The predicted molar refractivity (Wildman–Crippen MR) is 34.9 cm³/mol. The Bertz CT molecular complexity index is 73.3. The summed E-state index contributed by atoms with van der Waals surface area (Å²) in [7, 11) is 0. The van der Waals surface area contributed by atoms with Crippen LogP contribution in [0.4, 0.5) is 0 Å². The van der Waals surface area contributed by atoms with Crippen molar-refractivity contribution in [2.75, 3.05) is 6.61 Å². The highest BCUT2D eigenvalue weighted by Gasteiger charge is 1.94. The summed E-state index contributed by atoms with van der Waals surface area (Å²) in [5.41, 5.74) is 0. The molecule has 0 aliphatic rings. The smallest absolute Gasteiger partial charge is 0.146 e. The molecule has 0 aliphatic heterocycles. The third-order valence-electron chi connectivity index (χ3n) is 0.408. The van der Waals surface area contributed by atoms with Gasteiger partial charge in [0.25, 0.3) is 0 Å². The molecule has 5 heteroatoms. The van der Waals surface area contributed by atoms with E-state index < -0.39 is 0 Å². The summed E-state index contributed by atoms with van der Waals surface area (Å²) < 4.78 is 1.03. The normalized spacial score (nSPS) is 8.43. The topological polar surface area (TPSA) is 73.3 Å². The number of aliphatic hydroxyl groups is 1. The molecule has 7 heavy (non-hydrogen) atoms. The minimum absolute atomic E-state index is 0.000556. The summed E-state index contributed by atoms with van der Waals surface area (Å²) in [6, 6.07) is 0. The molecule has 0 aromatic heterocycles. The lowest BCUT2D eigenvalue weighted by atomic mass is 10.7. The van der Waals surface area contributed by atoms with Gasteiger partial charge < -0.3 is 5.11 Å². The van der Waals surface area contributed by atoms with E-state index in [1.54, 1.807) is 22.9 Å². The van der Waals surface area contributed by atoms with Crippen molar-refractivity contribution in [3.05, 3.63) is 0 Å². The molecule has 0 aliphatic carbocycles. The number of amidine groups is 1. The number of nitrogens with two attached hydrogens (primary N) is 1. The van der Waals surface area contributed by atoms with Gasteiger partial charge in [0.1, 0.15) is 12.4 Å². The maximum Gasteiger partial charge on any atom is 0.146 e. The molecule has 0 rings (SSSR count). The first-order chi connectivity index (χ1) is 3.18. The zero-order valence-corrected chi connectivity index (χ0v) is 5.71. The zero-order chi connectivity index (χ0) is 5.86. The van der Waals surface area contributed by atoms with Crippen LogP contribution in [0.3, 0.4) is 0 Å². The molecule has 0 spiro atoms. The van der Waals surface area contributed by atoms with Crippen LogP contribution < -0.4 is 5.84 Å². The van der Waals surface area contributed by atoms with E-state index in [1.165, 1.54) is 0 Å². The Hall–Kier alpha value is 0.120. The average Bonchev–Trinajstić information content (AvgIpc) is 1.65. The molecular weight excluding hydrogens is 209 g/mol. The van der Waals surface area contributed by atoms with Crippen molar-refractivity contribution >= 4 is 28.7 Å². The molecule has 0 aromatic carbocycles. The maximum absolute atomic E-state index is 8.15. The third-order valence-corrected chi connectivity index (χ3v) is 0.990. The highest BCUT2D eigenvalue weighted by Crippen LogP contribution is 1.86. The van der Waals surface area contributed by atoms with Gasteiger partial charge in [0.15, 0.2) is 0 Å². The summed E-state index contributed by atoms with van der Waals surface area (Å²) in [6.07, 6.45) is 0. The van der Waals surface area contributed by atoms with E-state index in [1.807, 2.05) is 0 Å². The van der Waals surface area contributed by atoms with E-state index >= 15 is 0 Å². The van der Waals surface area contributed by atoms with E-state index in [2.05, 4.69) is 0 Å². The molecule has 42 valence electrons. The first-order valence-corrected chi connectivity index (χ1v) is 2.54. The van der Waals surface area contributed by atoms with E-state index in [4.69, 9.17) is 16.4 Å². The zero-order valence-electron chi connectivity index (χ0n) is 3.56. The van der Waals surface area contributed by atoms with E-state index in [-0.39, 0.29) is 12.4 Å². The summed E-state index contributed by atoms with van der Waals surface area (Å²) in [5, 5.41) is 14.9. The number of aliphatic hydroxyl groups excluding tert-OH is 1. The van der Waals surface area contributed by atoms with Crippen molar-refractivity contribution in [3.63, 3.8) is 0 Å². The maximum atomic E-state index is 8.15. The summed E-state index contributed by atoms with van der Waals surface area (Å²) >= 11 is 1.70. The molecule has 0 aromatic rings. The monoisotopic (exact) mass is 215 g/mol.